The van der Waals surface area contributed by atoms with E-state index in [4.69, 9.17) is 9.47 Å². The fourth-order valence-electron chi connectivity index (χ4n) is 3.38. The quantitative estimate of drug-likeness (QED) is 0.913. The van der Waals surface area contributed by atoms with Crippen LogP contribution in [0.3, 0.4) is 0 Å². The summed E-state index contributed by atoms with van der Waals surface area (Å²) >= 11 is 0. The SMILES string of the molecule is COc1ccc(CC2CCN(C(=O)C3CNCCO3)CC2)cc1. The number of rotatable bonds is 4. The van der Waals surface area contributed by atoms with E-state index in [2.05, 4.69) is 17.4 Å². The predicted octanol–water partition coefficient (Wildman–Crippen LogP) is 1.46. The van der Waals surface area contributed by atoms with Crippen molar-refractivity contribution in [2.75, 3.05) is 39.9 Å². The molecule has 0 saturated carbocycles. The molecule has 0 aliphatic carbocycles. The maximum atomic E-state index is 12.4. The third-order valence-corrected chi connectivity index (χ3v) is 4.81. The van der Waals surface area contributed by atoms with E-state index >= 15 is 0 Å². The molecule has 2 heterocycles. The Balaban J connectivity index is 1.46. The molecule has 2 aliphatic heterocycles. The van der Waals surface area contributed by atoms with Crippen molar-refractivity contribution in [1.82, 2.24) is 10.2 Å². The lowest BCUT2D eigenvalue weighted by Crippen LogP contribution is -2.51. The average molecular weight is 318 g/mol. The number of piperidine rings is 1. The van der Waals surface area contributed by atoms with Crippen molar-refractivity contribution < 1.29 is 14.3 Å². The number of nitrogens with zero attached hydrogens (tertiary/aromatic N) is 1. The van der Waals surface area contributed by atoms with Gasteiger partial charge in [0.05, 0.1) is 13.7 Å². The number of carbonyl (C=O) groups excluding carboxylic acids is 1. The van der Waals surface area contributed by atoms with Crippen molar-refractivity contribution >= 4 is 5.91 Å². The zero-order valence-corrected chi connectivity index (χ0v) is 13.8. The first-order chi connectivity index (χ1) is 11.3. The van der Waals surface area contributed by atoms with E-state index in [1.165, 1.54) is 5.56 Å². The Morgan fingerprint density at radius 3 is 2.65 bits per heavy atom. The number of ether oxygens (including phenoxy) is 2. The van der Waals surface area contributed by atoms with Crippen LogP contribution in [-0.4, -0.2) is 56.8 Å². The molecule has 1 aromatic rings. The molecule has 23 heavy (non-hydrogen) atoms. The number of morpholine rings is 1. The molecule has 1 N–H and O–H groups in total. The molecule has 3 rings (SSSR count). The summed E-state index contributed by atoms with van der Waals surface area (Å²) < 4.78 is 10.8. The van der Waals surface area contributed by atoms with Gasteiger partial charge in [-0.2, -0.15) is 0 Å². The number of methoxy groups -OCH3 is 1. The van der Waals surface area contributed by atoms with E-state index < -0.39 is 0 Å². The largest absolute Gasteiger partial charge is 0.497 e. The maximum absolute atomic E-state index is 12.4. The number of hydrogen-bond acceptors (Lipinski definition) is 4. The molecule has 2 aliphatic rings. The van der Waals surface area contributed by atoms with Crippen LogP contribution in [-0.2, 0) is 16.0 Å². The van der Waals surface area contributed by atoms with Crippen LogP contribution in [0, 0.1) is 5.92 Å². The van der Waals surface area contributed by atoms with Gasteiger partial charge in [-0.15, -0.1) is 0 Å². The Bertz CT molecular complexity index is 504. The second-order valence-electron chi connectivity index (χ2n) is 6.38. The first-order valence-corrected chi connectivity index (χ1v) is 8.50. The first kappa shape index (κ1) is 16.3. The number of hydrogen-bond donors (Lipinski definition) is 1. The maximum Gasteiger partial charge on any atom is 0.253 e. The summed E-state index contributed by atoms with van der Waals surface area (Å²) in [4.78, 5) is 14.4. The highest BCUT2D eigenvalue weighted by Crippen LogP contribution is 2.23. The zero-order chi connectivity index (χ0) is 16.1. The molecule has 0 bridgehead atoms. The second kappa shape index (κ2) is 7.79. The summed E-state index contributed by atoms with van der Waals surface area (Å²) in [6, 6.07) is 8.30. The summed E-state index contributed by atoms with van der Waals surface area (Å²) in [6.07, 6.45) is 2.92. The van der Waals surface area contributed by atoms with Crippen molar-refractivity contribution in [2.24, 2.45) is 5.92 Å². The number of likely N-dealkylation sites (tertiary alicyclic amines) is 1. The minimum absolute atomic E-state index is 0.153. The molecule has 0 aromatic heterocycles. The van der Waals surface area contributed by atoms with Crippen LogP contribution in [0.4, 0.5) is 0 Å². The van der Waals surface area contributed by atoms with E-state index in [9.17, 15) is 4.79 Å². The summed E-state index contributed by atoms with van der Waals surface area (Å²) in [5.41, 5.74) is 1.34. The van der Waals surface area contributed by atoms with Crippen molar-refractivity contribution in [1.29, 1.82) is 0 Å². The van der Waals surface area contributed by atoms with E-state index in [0.29, 0.717) is 19.1 Å². The molecular formula is C18H26N2O3. The van der Waals surface area contributed by atoms with Gasteiger partial charge in [0.2, 0.25) is 0 Å². The Morgan fingerprint density at radius 2 is 2.04 bits per heavy atom. The Morgan fingerprint density at radius 1 is 1.30 bits per heavy atom. The molecule has 1 amide bonds. The van der Waals surface area contributed by atoms with Crippen LogP contribution in [0.15, 0.2) is 24.3 Å². The minimum Gasteiger partial charge on any atom is -0.497 e. The molecule has 5 nitrogen and oxygen atoms in total. The highest BCUT2D eigenvalue weighted by Gasteiger charge is 2.29. The molecule has 1 unspecified atom stereocenters. The molecule has 1 aromatic carbocycles. The normalized spacial score (nSPS) is 22.8. The summed E-state index contributed by atoms with van der Waals surface area (Å²) in [7, 11) is 1.69. The van der Waals surface area contributed by atoms with E-state index in [0.717, 1.165) is 44.6 Å². The summed E-state index contributed by atoms with van der Waals surface area (Å²) in [5.74, 6) is 1.70. The first-order valence-electron chi connectivity index (χ1n) is 8.50. The Kier molecular flexibility index (Phi) is 5.51. The van der Waals surface area contributed by atoms with E-state index in [1.807, 2.05) is 17.0 Å². The number of benzene rings is 1. The molecule has 1 atom stereocenters. The average Bonchev–Trinajstić information content (AvgIpc) is 2.63. The molecule has 126 valence electrons. The van der Waals surface area contributed by atoms with Crippen LogP contribution in [0.1, 0.15) is 18.4 Å². The fourth-order valence-corrected chi connectivity index (χ4v) is 3.38. The number of nitrogens with one attached hydrogen (secondary N) is 1. The fraction of sp³-hybridized carbons (Fsp3) is 0.611. The van der Waals surface area contributed by atoms with Crippen LogP contribution >= 0.6 is 0 Å². The van der Waals surface area contributed by atoms with Gasteiger partial charge in [0, 0.05) is 26.2 Å². The lowest BCUT2D eigenvalue weighted by atomic mass is 9.90. The van der Waals surface area contributed by atoms with Gasteiger partial charge >= 0.3 is 0 Å². The monoisotopic (exact) mass is 318 g/mol. The van der Waals surface area contributed by atoms with Crippen molar-refractivity contribution in [3.8, 4) is 5.75 Å². The third-order valence-electron chi connectivity index (χ3n) is 4.81. The van der Waals surface area contributed by atoms with Gasteiger partial charge in [-0.05, 0) is 42.9 Å². The number of carbonyl (C=O) groups is 1. The summed E-state index contributed by atoms with van der Waals surface area (Å²) in [6.45, 7) is 3.81. The van der Waals surface area contributed by atoms with Crippen LogP contribution in [0.2, 0.25) is 0 Å². The van der Waals surface area contributed by atoms with Crippen molar-refractivity contribution in [2.45, 2.75) is 25.4 Å². The topological polar surface area (TPSA) is 50.8 Å². The Hall–Kier alpha value is -1.59. The van der Waals surface area contributed by atoms with Crippen molar-refractivity contribution in [3.63, 3.8) is 0 Å². The van der Waals surface area contributed by atoms with Gasteiger partial charge in [0.25, 0.3) is 5.91 Å². The van der Waals surface area contributed by atoms with E-state index in [-0.39, 0.29) is 12.0 Å². The van der Waals surface area contributed by atoms with Crippen LogP contribution in [0.25, 0.3) is 0 Å². The molecule has 2 saturated heterocycles. The van der Waals surface area contributed by atoms with Gasteiger partial charge in [0.15, 0.2) is 0 Å². The highest BCUT2D eigenvalue weighted by atomic mass is 16.5. The minimum atomic E-state index is -0.290. The summed E-state index contributed by atoms with van der Waals surface area (Å²) in [5, 5.41) is 3.22. The lowest BCUT2D eigenvalue weighted by Gasteiger charge is -2.35. The lowest BCUT2D eigenvalue weighted by molar-refractivity contribution is -0.146. The predicted molar refractivity (Wildman–Crippen MR) is 88.6 cm³/mol. The highest BCUT2D eigenvalue weighted by molar-refractivity contribution is 5.81. The van der Waals surface area contributed by atoms with Gasteiger partial charge < -0.3 is 19.7 Å². The van der Waals surface area contributed by atoms with Crippen molar-refractivity contribution in [3.05, 3.63) is 29.8 Å². The van der Waals surface area contributed by atoms with Gasteiger partial charge in [0.1, 0.15) is 11.9 Å². The number of amides is 1. The van der Waals surface area contributed by atoms with Gasteiger partial charge in [-0.1, -0.05) is 12.1 Å². The standard InChI is InChI=1S/C18H26N2O3/c1-22-16-4-2-14(3-5-16)12-15-6-9-20(10-7-15)18(21)17-13-19-8-11-23-17/h2-5,15,17,19H,6-13H2,1H3. The molecule has 0 spiro atoms. The van der Waals surface area contributed by atoms with Gasteiger partial charge in [-0.3, -0.25) is 4.79 Å². The third kappa shape index (κ3) is 4.24. The molecule has 2 fully saturated rings. The Labute approximate surface area is 137 Å². The smallest absolute Gasteiger partial charge is 0.253 e. The van der Waals surface area contributed by atoms with Crippen LogP contribution in [0.5, 0.6) is 5.75 Å². The van der Waals surface area contributed by atoms with E-state index in [1.54, 1.807) is 7.11 Å². The second-order valence-corrected chi connectivity index (χ2v) is 6.38. The molecular weight excluding hydrogens is 292 g/mol. The van der Waals surface area contributed by atoms with Gasteiger partial charge in [-0.25, -0.2) is 0 Å². The molecule has 5 heteroatoms. The van der Waals surface area contributed by atoms with Crippen LogP contribution < -0.4 is 10.1 Å². The zero-order valence-electron chi connectivity index (χ0n) is 13.8. The molecule has 0 radical (unpaired) electrons.